The van der Waals surface area contributed by atoms with E-state index in [2.05, 4.69) is 5.32 Å². The lowest BCUT2D eigenvalue weighted by Crippen LogP contribution is -2.47. The van der Waals surface area contributed by atoms with Crippen molar-refractivity contribution < 1.29 is 14.3 Å². The highest BCUT2D eigenvalue weighted by Gasteiger charge is 2.27. The number of nitrogens with two attached hydrogens (primary N) is 1. The maximum Gasteiger partial charge on any atom is 0.314 e. The Labute approximate surface area is 143 Å². The molecular formula is C18H27N3O3. The zero-order valence-electron chi connectivity index (χ0n) is 14.5. The van der Waals surface area contributed by atoms with E-state index >= 15 is 0 Å². The molecule has 1 saturated heterocycles. The van der Waals surface area contributed by atoms with Gasteiger partial charge in [-0.3, -0.25) is 4.79 Å². The molecule has 132 valence electrons. The first-order valence-corrected chi connectivity index (χ1v) is 8.53. The maximum absolute atomic E-state index is 12.3. The number of urea groups is 1. The van der Waals surface area contributed by atoms with Crippen LogP contribution in [0.25, 0.3) is 0 Å². The molecule has 1 aromatic rings. The first kappa shape index (κ1) is 18.1. The minimum atomic E-state index is -0.450. The average Bonchev–Trinajstić information content (AvgIpc) is 2.54. The smallest absolute Gasteiger partial charge is 0.314 e. The predicted octanol–water partition coefficient (Wildman–Crippen LogP) is 1.92. The van der Waals surface area contributed by atoms with E-state index in [1.165, 1.54) is 0 Å². The molecule has 1 fully saturated rings. The molecule has 0 aromatic heterocycles. The summed E-state index contributed by atoms with van der Waals surface area (Å²) in [5.74, 6) is 0.676. The molecule has 0 saturated carbocycles. The van der Waals surface area contributed by atoms with Crippen LogP contribution >= 0.6 is 0 Å². The molecule has 0 radical (unpaired) electrons. The number of hydrogen-bond donors (Lipinski definition) is 2. The van der Waals surface area contributed by atoms with E-state index in [1.54, 1.807) is 4.90 Å². The summed E-state index contributed by atoms with van der Waals surface area (Å²) >= 11 is 0. The Balaban J connectivity index is 1.79. The zero-order chi connectivity index (χ0) is 17.5. The van der Waals surface area contributed by atoms with Gasteiger partial charge in [0.1, 0.15) is 5.75 Å². The Bertz CT molecular complexity index is 574. The van der Waals surface area contributed by atoms with Crippen LogP contribution < -0.4 is 15.8 Å². The molecule has 1 aliphatic rings. The predicted molar refractivity (Wildman–Crippen MR) is 92.8 cm³/mol. The minimum absolute atomic E-state index is 0.00413. The van der Waals surface area contributed by atoms with E-state index < -0.39 is 6.03 Å². The monoisotopic (exact) mass is 333 g/mol. The molecule has 2 rings (SSSR count). The van der Waals surface area contributed by atoms with Crippen LogP contribution in [0, 0.1) is 5.92 Å². The number of benzene rings is 1. The number of nitrogens with zero attached hydrogens (tertiary/aromatic N) is 1. The fourth-order valence-electron chi connectivity index (χ4n) is 2.91. The molecule has 0 unspecified atom stereocenters. The van der Waals surface area contributed by atoms with Crippen LogP contribution in [0.1, 0.15) is 32.3 Å². The number of rotatable bonds is 6. The molecule has 1 heterocycles. The molecule has 6 nitrogen and oxygen atoms in total. The maximum atomic E-state index is 12.3. The molecule has 24 heavy (non-hydrogen) atoms. The van der Waals surface area contributed by atoms with E-state index in [-0.39, 0.29) is 17.9 Å². The topological polar surface area (TPSA) is 84.7 Å². The third-order valence-corrected chi connectivity index (χ3v) is 4.09. The van der Waals surface area contributed by atoms with Crippen molar-refractivity contribution in [3.8, 4) is 5.75 Å². The van der Waals surface area contributed by atoms with Crippen LogP contribution in [-0.4, -0.2) is 42.6 Å². The molecule has 3 amide bonds. The van der Waals surface area contributed by atoms with Crippen LogP contribution in [0.3, 0.4) is 0 Å². The van der Waals surface area contributed by atoms with Gasteiger partial charge in [0, 0.05) is 19.6 Å². The van der Waals surface area contributed by atoms with Gasteiger partial charge in [-0.1, -0.05) is 12.1 Å². The number of carbonyl (C=O) groups is 2. The SMILES string of the molecule is CC(C)Oc1cccc(CCNC(=O)[C@@H]2CCCN(C(N)=O)C2)c1. The van der Waals surface area contributed by atoms with Gasteiger partial charge in [-0.25, -0.2) is 4.79 Å². The van der Waals surface area contributed by atoms with Crippen molar-refractivity contribution in [3.05, 3.63) is 29.8 Å². The summed E-state index contributed by atoms with van der Waals surface area (Å²) < 4.78 is 5.68. The van der Waals surface area contributed by atoms with Gasteiger partial charge in [-0.2, -0.15) is 0 Å². The highest BCUT2D eigenvalue weighted by molar-refractivity contribution is 5.80. The fourth-order valence-corrected chi connectivity index (χ4v) is 2.91. The average molecular weight is 333 g/mol. The number of primary amides is 1. The van der Waals surface area contributed by atoms with Gasteiger partial charge in [0.25, 0.3) is 0 Å². The number of amides is 3. The summed E-state index contributed by atoms with van der Waals surface area (Å²) in [7, 11) is 0. The number of nitrogens with one attached hydrogen (secondary N) is 1. The second-order valence-electron chi connectivity index (χ2n) is 6.48. The fraction of sp³-hybridized carbons (Fsp3) is 0.556. The summed E-state index contributed by atoms with van der Waals surface area (Å²) in [5, 5.41) is 2.96. The summed E-state index contributed by atoms with van der Waals surface area (Å²) in [6, 6.07) is 7.47. The normalized spacial score (nSPS) is 17.6. The summed E-state index contributed by atoms with van der Waals surface area (Å²) in [5.41, 5.74) is 6.42. The van der Waals surface area contributed by atoms with Gasteiger partial charge in [0.05, 0.1) is 12.0 Å². The Hall–Kier alpha value is -2.24. The first-order valence-electron chi connectivity index (χ1n) is 8.53. The van der Waals surface area contributed by atoms with E-state index in [4.69, 9.17) is 10.5 Å². The van der Waals surface area contributed by atoms with Crippen molar-refractivity contribution in [2.24, 2.45) is 11.7 Å². The second kappa shape index (κ2) is 8.57. The van der Waals surface area contributed by atoms with Crippen molar-refractivity contribution in [2.45, 2.75) is 39.2 Å². The van der Waals surface area contributed by atoms with Crippen LogP contribution in [0.2, 0.25) is 0 Å². The lowest BCUT2D eigenvalue weighted by molar-refractivity contribution is -0.126. The lowest BCUT2D eigenvalue weighted by Gasteiger charge is -2.30. The van der Waals surface area contributed by atoms with Gasteiger partial charge in [-0.05, 0) is 50.8 Å². The van der Waals surface area contributed by atoms with Crippen molar-refractivity contribution in [2.75, 3.05) is 19.6 Å². The zero-order valence-corrected chi connectivity index (χ0v) is 14.5. The Morgan fingerprint density at radius 1 is 1.42 bits per heavy atom. The first-order chi connectivity index (χ1) is 11.5. The third-order valence-electron chi connectivity index (χ3n) is 4.09. The lowest BCUT2D eigenvalue weighted by atomic mass is 9.97. The number of carbonyl (C=O) groups excluding carboxylic acids is 2. The molecule has 1 atom stereocenters. The van der Waals surface area contributed by atoms with E-state index in [0.29, 0.717) is 19.6 Å². The molecular weight excluding hydrogens is 306 g/mol. The largest absolute Gasteiger partial charge is 0.491 e. The van der Waals surface area contributed by atoms with Gasteiger partial charge in [-0.15, -0.1) is 0 Å². The third kappa shape index (κ3) is 5.44. The summed E-state index contributed by atoms with van der Waals surface area (Å²) in [4.78, 5) is 25.0. The van der Waals surface area contributed by atoms with Crippen molar-refractivity contribution in [3.63, 3.8) is 0 Å². The number of hydrogen-bond acceptors (Lipinski definition) is 3. The van der Waals surface area contributed by atoms with Crippen LogP contribution in [0.5, 0.6) is 5.75 Å². The Kier molecular flexibility index (Phi) is 6.46. The van der Waals surface area contributed by atoms with E-state index in [0.717, 1.165) is 30.6 Å². The van der Waals surface area contributed by atoms with Gasteiger partial charge >= 0.3 is 6.03 Å². The molecule has 1 aromatic carbocycles. The molecule has 3 N–H and O–H groups in total. The Morgan fingerprint density at radius 2 is 2.21 bits per heavy atom. The highest BCUT2D eigenvalue weighted by Crippen LogP contribution is 2.17. The van der Waals surface area contributed by atoms with Crippen molar-refractivity contribution in [1.29, 1.82) is 0 Å². The van der Waals surface area contributed by atoms with Gasteiger partial charge < -0.3 is 20.7 Å². The Morgan fingerprint density at radius 3 is 2.92 bits per heavy atom. The molecule has 1 aliphatic heterocycles. The highest BCUT2D eigenvalue weighted by atomic mass is 16.5. The van der Waals surface area contributed by atoms with Crippen LogP contribution in [-0.2, 0) is 11.2 Å². The van der Waals surface area contributed by atoms with Crippen LogP contribution in [0.15, 0.2) is 24.3 Å². The van der Waals surface area contributed by atoms with Crippen molar-refractivity contribution in [1.82, 2.24) is 10.2 Å². The number of ether oxygens (including phenoxy) is 1. The van der Waals surface area contributed by atoms with Gasteiger partial charge in [0.15, 0.2) is 0 Å². The molecule has 6 heteroatoms. The minimum Gasteiger partial charge on any atom is -0.491 e. The van der Waals surface area contributed by atoms with Crippen LogP contribution in [0.4, 0.5) is 4.79 Å². The second-order valence-corrected chi connectivity index (χ2v) is 6.48. The van der Waals surface area contributed by atoms with E-state index in [1.807, 2.05) is 38.1 Å². The molecule has 0 aliphatic carbocycles. The molecule has 0 bridgehead atoms. The quantitative estimate of drug-likeness (QED) is 0.834. The number of piperidine rings is 1. The summed E-state index contributed by atoms with van der Waals surface area (Å²) in [6.07, 6.45) is 2.50. The summed E-state index contributed by atoms with van der Waals surface area (Å²) in [6.45, 7) is 5.61. The standard InChI is InChI=1S/C18H27N3O3/c1-13(2)24-16-7-3-5-14(11-16)8-9-20-17(22)15-6-4-10-21(12-15)18(19)23/h3,5,7,11,13,15H,4,6,8-10,12H2,1-2H3,(H2,19,23)(H,20,22)/t15-/m1/s1. The van der Waals surface area contributed by atoms with Crippen molar-refractivity contribution >= 4 is 11.9 Å². The van der Waals surface area contributed by atoms with Gasteiger partial charge in [0.2, 0.25) is 5.91 Å². The molecule has 0 spiro atoms. The van der Waals surface area contributed by atoms with E-state index in [9.17, 15) is 9.59 Å². The number of likely N-dealkylation sites (tertiary alicyclic amines) is 1.